The molecule has 0 unspecified atom stereocenters. The van der Waals surface area contributed by atoms with Crippen LogP contribution in [0.3, 0.4) is 0 Å². The van der Waals surface area contributed by atoms with Crippen LogP contribution in [0.15, 0.2) is 43.0 Å². The third-order valence-corrected chi connectivity index (χ3v) is 2.83. The van der Waals surface area contributed by atoms with Gasteiger partial charge in [0, 0.05) is 0 Å². The molecule has 0 heterocycles. The Bertz CT molecular complexity index is 623. The van der Waals surface area contributed by atoms with Gasteiger partial charge in [-0.15, -0.1) is 0 Å². The quantitative estimate of drug-likeness (QED) is 0.547. The molecule has 0 aliphatic carbocycles. The van der Waals surface area contributed by atoms with Crippen molar-refractivity contribution in [1.29, 1.82) is 0 Å². The van der Waals surface area contributed by atoms with Crippen molar-refractivity contribution in [3.8, 4) is 0 Å². The Morgan fingerprint density at radius 3 is 2.21 bits per heavy atom. The maximum atomic E-state index is 12.4. The molecule has 0 aliphatic rings. The van der Waals surface area contributed by atoms with E-state index in [1.54, 1.807) is 51.1 Å². The predicted molar refractivity (Wildman–Crippen MR) is 109 cm³/mol. The largest absolute Gasteiger partial charge is 0.460 e. The monoisotopic (exact) mass is 392 g/mol. The van der Waals surface area contributed by atoms with Crippen molar-refractivity contribution in [2.75, 3.05) is 13.2 Å². The average molecular weight is 392 g/mol. The minimum atomic E-state index is -0.997. The summed E-state index contributed by atoms with van der Waals surface area (Å²) in [6, 6.07) is 7.66. The number of carbonyl (C=O) groups is 3. The summed E-state index contributed by atoms with van der Waals surface area (Å²) in [6.45, 7) is 12.6. The Balaban J connectivity index is 0.00000227. The highest BCUT2D eigenvalue weighted by molar-refractivity contribution is 5.89. The van der Waals surface area contributed by atoms with Gasteiger partial charge in [-0.3, -0.25) is 9.59 Å². The van der Waals surface area contributed by atoms with Crippen LogP contribution < -0.4 is 10.6 Å². The van der Waals surface area contributed by atoms with E-state index in [1.807, 2.05) is 0 Å². The van der Waals surface area contributed by atoms with E-state index in [2.05, 4.69) is 31.1 Å². The Kier molecular flexibility index (Phi) is 12.0. The molecule has 1 aromatic carbocycles. The van der Waals surface area contributed by atoms with Crippen LogP contribution >= 0.6 is 0 Å². The fourth-order valence-corrected chi connectivity index (χ4v) is 1.84. The summed E-state index contributed by atoms with van der Waals surface area (Å²) in [4.78, 5) is 35.9. The zero-order valence-corrected chi connectivity index (χ0v) is 17.4. The smallest absolute Gasteiger partial charge is 0.408 e. The van der Waals surface area contributed by atoms with Gasteiger partial charge in [-0.05, 0) is 26.3 Å². The standard InChI is InChI=1S/C18H24N2O5.C3H8/c1-5-11-24-14(21)12-19-16(22)15(13-9-7-6-8-10-13)20-17(23)25-18(2,3)4;1-3-2/h5-10,15H,1,11-12H2,2-4H3,(H,19,22)(H,20,23);3H2,1-2H3/t15-;/m0./s1. The normalized spacial score (nSPS) is 11.2. The molecule has 1 atom stereocenters. The van der Waals surface area contributed by atoms with Crippen LogP contribution in [0.1, 0.15) is 52.6 Å². The third-order valence-electron chi connectivity index (χ3n) is 2.83. The van der Waals surface area contributed by atoms with Crippen LogP contribution in [-0.4, -0.2) is 36.7 Å². The maximum Gasteiger partial charge on any atom is 0.408 e. The molecule has 0 aliphatic heterocycles. The topological polar surface area (TPSA) is 93.7 Å². The number of amides is 2. The molecule has 7 heteroatoms. The van der Waals surface area contributed by atoms with Gasteiger partial charge in [-0.25, -0.2) is 4.79 Å². The first kappa shape index (κ1) is 25.2. The lowest BCUT2D eigenvalue weighted by atomic mass is 10.1. The van der Waals surface area contributed by atoms with Gasteiger partial charge in [-0.1, -0.05) is 63.3 Å². The summed E-state index contributed by atoms with van der Waals surface area (Å²) in [5, 5.41) is 4.96. The number of hydrogen-bond acceptors (Lipinski definition) is 5. The van der Waals surface area contributed by atoms with Gasteiger partial charge in [0.1, 0.15) is 24.8 Å². The van der Waals surface area contributed by atoms with Crippen molar-refractivity contribution in [2.24, 2.45) is 0 Å². The van der Waals surface area contributed by atoms with Gasteiger partial charge in [0.05, 0.1) is 0 Å². The second kappa shape index (κ2) is 13.4. The van der Waals surface area contributed by atoms with Crippen molar-refractivity contribution in [1.82, 2.24) is 10.6 Å². The second-order valence-corrected chi connectivity index (χ2v) is 6.89. The van der Waals surface area contributed by atoms with Gasteiger partial charge in [0.2, 0.25) is 5.91 Å². The molecule has 2 amide bonds. The van der Waals surface area contributed by atoms with E-state index in [0.717, 1.165) is 0 Å². The zero-order chi connectivity index (χ0) is 21.6. The lowest BCUT2D eigenvalue weighted by Gasteiger charge is -2.23. The number of hydrogen-bond donors (Lipinski definition) is 2. The highest BCUT2D eigenvalue weighted by Gasteiger charge is 2.26. The number of esters is 1. The van der Waals surface area contributed by atoms with Gasteiger partial charge < -0.3 is 20.1 Å². The molecule has 0 spiro atoms. The molecule has 1 rings (SSSR count). The molecule has 156 valence electrons. The van der Waals surface area contributed by atoms with Crippen LogP contribution in [0, 0.1) is 0 Å². The minimum Gasteiger partial charge on any atom is -0.460 e. The van der Waals surface area contributed by atoms with Gasteiger partial charge in [0.25, 0.3) is 0 Å². The van der Waals surface area contributed by atoms with E-state index in [1.165, 1.54) is 12.5 Å². The number of benzene rings is 1. The zero-order valence-electron chi connectivity index (χ0n) is 17.4. The van der Waals surface area contributed by atoms with Crippen LogP contribution in [0.25, 0.3) is 0 Å². The van der Waals surface area contributed by atoms with Gasteiger partial charge in [0.15, 0.2) is 0 Å². The highest BCUT2D eigenvalue weighted by Crippen LogP contribution is 2.14. The number of carbonyl (C=O) groups excluding carboxylic acids is 3. The third kappa shape index (κ3) is 11.7. The van der Waals surface area contributed by atoms with E-state index in [9.17, 15) is 14.4 Å². The second-order valence-electron chi connectivity index (χ2n) is 6.89. The van der Waals surface area contributed by atoms with Gasteiger partial charge in [-0.2, -0.15) is 0 Å². The first-order chi connectivity index (χ1) is 13.1. The molecule has 0 saturated heterocycles. The Labute approximate surface area is 167 Å². The highest BCUT2D eigenvalue weighted by atomic mass is 16.6. The SMILES string of the molecule is C=CCOC(=O)CNC(=O)[C@@H](NC(=O)OC(C)(C)C)c1ccccc1.CCC. The molecule has 0 saturated carbocycles. The van der Waals surface area contributed by atoms with Crippen molar-refractivity contribution in [3.63, 3.8) is 0 Å². The number of nitrogens with one attached hydrogen (secondary N) is 2. The molecular formula is C21H32N2O5. The molecule has 0 radical (unpaired) electrons. The summed E-state index contributed by atoms with van der Waals surface area (Å²) in [5.41, 5.74) is -0.138. The van der Waals surface area contributed by atoms with Crippen LogP contribution in [0.5, 0.6) is 0 Å². The van der Waals surface area contributed by atoms with E-state index in [-0.39, 0.29) is 13.2 Å². The van der Waals surface area contributed by atoms with E-state index < -0.39 is 29.6 Å². The van der Waals surface area contributed by atoms with Crippen molar-refractivity contribution >= 4 is 18.0 Å². The summed E-state index contributed by atoms with van der Waals surface area (Å²) >= 11 is 0. The number of rotatable bonds is 7. The van der Waals surface area contributed by atoms with Crippen molar-refractivity contribution in [3.05, 3.63) is 48.6 Å². The first-order valence-corrected chi connectivity index (χ1v) is 9.23. The van der Waals surface area contributed by atoms with E-state index >= 15 is 0 Å². The Hall–Kier alpha value is -2.83. The molecular weight excluding hydrogens is 360 g/mol. The fourth-order valence-electron chi connectivity index (χ4n) is 1.84. The van der Waals surface area contributed by atoms with Crippen molar-refractivity contribution in [2.45, 2.75) is 52.7 Å². The fraction of sp³-hybridized carbons (Fsp3) is 0.476. The van der Waals surface area contributed by atoms with Crippen LogP contribution in [-0.2, 0) is 19.1 Å². The number of ether oxygens (including phenoxy) is 2. The molecule has 0 bridgehead atoms. The van der Waals surface area contributed by atoms with E-state index in [0.29, 0.717) is 5.56 Å². The lowest BCUT2D eigenvalue weighted by Crippen LogP contribution is -2.43. The first-order valence-electron chi connectivity index (χ1n) is 9.23. The summed E-state index contributed by atoms with van der Waals surface area (Å²) in [5.74, 6) is -1.15. The Morgan fingerprint density at radius 2 is 1.71 bits per heavy atom. The van der Waals surface area contributed by atoms with E-state index in [4.69, 9.17) is 9.47 Å². The summed E-state index contributed by atoms with van der Waals surface area (Å²) < 4.78 is 9.98. The Morgan fingerprint density at radius 1 is 1.14 bits per heavy atom. The minimum absolute atomic E-state index is 0.0625. The van der Waals surface area contributed by atoms with Gasteiger partial charge >= 0.3 is 12.1 Å². The van der Waals surface area contributed by atoms with Crippen LogP contribution in [0.2, 0.25) is 0 Å². The van der Waals surface area contributed by atoms with Crippen molar-refractivity contribution < 1.29 is 23.9 Å². The molecule has 0 fully saturated rings. The molecule has 28 heavy (non-hydrogen) atoms. The number of alkyl carbamates (subject to hydrolysis) is 1. The van der Waals surface area contributed by atoms with Crippen LogP contribution in [0.4, 0.5) is 4.79 Å². The molecule has 0 aromatic heterocycles. The maximum absolute atomic E-state index is 12.4. The summed E-state index contributed by atoms with van der Waals surface area (Å²) in [6.07, 6.45) is 1.95. The molecule has 7 nitrogen and oxygen atoms in total. The predicted octanol–water partition coefficient (Wildman–Crippen LogP) is 3.51. The summed E-state index contributed by atoms with van der Waals surface area (Å²) in [7, 11) is 0. The lowest BCUT2D eigenvalue weighted by molar-refractivity contribution is -0.143. The average Bonchev–Trinajstić information content (AvgIpc) is 2.62. The molecule has 2 N–H and O–H groups in total. The molecule has 1 aromatic rings.